The van der Waals surface area contributed by atoms with Gasteiger partial charge in [-0.1, -0.05) is 90.9 Å². The molecule has 4 amide bonds. The lowest BCUT2D eigenvalue weighted by atomic mass is 9.96. The number of aliphatic carboxylic acids is 3. The van der Waals surface area contributed by atoms with E-state index in [4.69, 9.17) is 18.9 Å². The molecule has 0 bridgehead atoms. The van der Waals surface area contributed by atoms with Gasteiger partial charge in [0, 0.05) is 57.5 Å². The fourth-order valence-electron chi connectivity index (χ4n) is 7.09. The quantitative estimate of drug-likeness (QED) is 0.0413. The fraction of sp³-hybridized carbons (Fsp3) is 0.800. The topological polar surface area (TPSA) is 316 Å². The average molecular weight is 1020 g/mol. The summed E-state index contributed by atoms with van der Waals surface area (Å²) in [5.74, 6) is -7.48. The van der Waals surface area contributed by atoms with E-state index < -0.39 is 59.9 Å². The molecule has 0 fully saturated rings. The molecule has 0 saturated carbocycles. The molecule has 0 aromatic rings. The number of unbranched alkanes of at least 4 members (excludes halogenated alkanes) is 13. The number of nitrogens with one attached hydrogen (secondary N) is 4. The van der Waals surface area contributed by atoms with E-state index in [2.05, 4.69) is 21.3 Å². The molecule has 0 aliphatic heterocycles. The van der Waals surface area contributed by atoms with Gasteiger partial charge >= 0.3 is 17.9 Å². The molecule has 0 aliphatic rings. The number of carbonyl (C=O) groups excluding carboxylic acids is 7. The van der Waals surface area contributed by atoms with Crippen LogP contribution in [-0.4, -0.2) is 152 Å². The first kappa shape index (κ1) is 66.1. The van der Waals surface area contributed by atoms with Crippen LogP contribution in [0, 0.1) is 11.8 Å². The monoisotopic (exact) mass is 1010 g/mol. The van der Waals surface area contributed by atoms with Crippen LogP contribution in [0.2, 0.25) is 0 Å². The van der Waals surface area contributed by atoms with Gasteiger partial charge in [-0.15, -0.1) is 0 Å². The zero-order chi connectivity index (χ0) is 53.1. The minimum absolute atomic E-state index is 0.0171. The maximum atomic E-state index is 12.4. The Labute approximate surface area is 419 Å². The highest BCUT2D eigenvalue weighted by Crippen LogP contribution is 2.16. The first-order chi connectivity index (χ1) is 33.9. The predicted octanol–water partition coefficient (Wildman–Crippen LogP) is 4.48. The summed E-state index contributed by atoms with van der Waals surface area (Å²) >= 11 is 0. The minimum Gasteiger partial charge on any atom is -0.481 e. The standard InChI is InChI=1S/C50H86N4O17/c1-37(2)43(57)23-21-41(49(64)65)54-46(60)24-20-39(48(62)63)34-40(56)35-70-32-30-69-29-27-52-47(61)36-71-33-31-68-28-26-51-44(58)25-22-42(50(66)67)53-45(59)19-17-15-13-11-9-7-5-4-6-8-10-12-14-16-18-38(3)55/h37,39,41-42H,4-36H2,1-3H3,(H,51,58)(H,52,61)(H,53,59)(H,54,60)(H,62,63)(H,64,65)(H,66,67)/t39-,41+,42+/m1/s1. The molecule has 21 heteroatoms. The van der Waals surface area contributed by atoms with Crippen LogP contribution in [0.5, 0.6) is 0 Å². The number of ether oxygens (including phenoxy) is 4. The number of carbonyl (C=O) groups is 10. The van der Waals surface area contributed by atoms with Crippen molar-refractivity contribution in [1.82, 2.24) is 21.3 Å². The molecule has 0 aromatic carbocycles. The molecule has 21 nitrogen and oxygen atoms in total. The van der Waals surface area contributed by atoms with Crippen molar-refractivity contribution in [2.45, 2.75) is 181 Å². The van der Waals surface area contributed by atoms with E-state index >= 15 is 0 Å². The van der Waals surface area contributed by atoms with Crippen LogP contribution >= 0.6 is 0 Å². The van der Waals surface area contributed by atoms with Crippen LogP contribution in [0.1, 0.15) is 168 Å². The molecule has 0 rings (SSSR count). The molecule has 71 heavy (non-hydrogen) atoms. The summed E-state index contributed by atoms with van der Waals surface area (Å²) in [5, 5.41) is 38.5. The van der Waals surface area contributed by atoms with Crippen molar-refractivity contribution in [1.29, 1.82) is 0 Å². The molecule has 0 radical (unpaired) electrons. The number of carboxylic acids is 3. The normalized spacial score (nSPS) is 12.4. The Bertz CT molecular complexity index is 1580. The zero-order valence-corrected chi connectivity index (χ0v) is 42.7. The molecule has 0 aromatic heterocycles. The van der Waals surface area contributed by atoms with Crippen molar-refractivity contribution in [3.8, 4) is 0 Å². The van der Waals surface area contributed by atoms with E-state index in [9.17, 15) is 63.3 Å². The van der Waals surface area contributed by atoms with E-state index in [-0.39, 0.29) is 140 Å². The summed E-state index contributed by atoms with van der Waals surface area (Å²) in [5.41, 5.74) is 0. The van der Waals surface area contributed by atoms with Crippen LogP contribution in [0.15, 0.2) is 0 Å². The number of Topliss-reactive ketones (excluding diaryl/α,β-unsaturated/α-hetero) is 3. The zero-order valence-electron chi connectivity index (χ0n) is 42.7. The summed E-state index contributed by atoms with van der Waals surface area (Å²) in [6.45, 7) is 5.40. The van der Waals surface area contributed by atoms with E-state index in [1.54, 1.807) is 20.8 Å². The fourth-order valence-corrected chi connectivity index (χ4v) is 7.09. The van der Waals surface area contributed by atoms with Gasteiger partial charge in [0.05, 0.1) is 45.6 Å². The molecule has 0 unspecified atom stereocenters. The largest absolute Gasteiger partial charge is 0.481 e. The molecule has 0 heterocycles. The number of hydrogen-bond acceptors (Lipinski definition) is 14. The van der Waals surface area contributed by atoms with E-state index in [0.717, 1.165) is 32.1 Å². The Hall–Kier alpha value is -4.86. The lowest BCUT2D eigenvalue weighted by molar-refractivity contribution is -0.145. The van der Waals surface area contributed by atoms with E-state index in [1.165, 1.54) is 51.4 Å². The maximum absolute atomic E-state index is 12.4. The van der Waals surface area contributed by atoms with Gasteiger partial charge in [0.1, 0.15) is 36.9 Å². The highest BCUT2D eigenvalue weighted by atomic mass is 16.5. The Kier molecular flexibility index (Phi) is 40.9. The van der Waals surface area contributed by atoms with Crippen LogP contribution in [0.3, 0.4) is 0 Å². The highest BCUT2D eigenvalue weighted by molar-refractivity contribution is 5.87. The van der Waals surface area contributed by atoms with Crippen molar-refractivity contribution in [3.63, 3.8) is 0 Å². The Morgan fingerprint density at radius 2 is 0.831 bits per heavy atom. The number of hydrogen-bond donors (Lipinski definition) is 7. The molecule has 0 spiro atoms. The number of carboxylic acid groups (broad SMARTS) is 3. The van der Waals surface area contributed by atoms with Crippen LogP contribution < -0.4 is 21.3 Å². The first-order valence-electron chi connectivity index (χ1n) is 25.6. The van der Waals surface area contributed by atoms with Gasteiger partial charge in [-0.2, -0.15) is 0 Å². The Morgan fingerprint density at radius 3 is 1.30 bits per heavy atom. The second kappa shape index (κ2) is 43.9. The van der Waals surface area contributed by atoms with Gasteiger partial charge in [-0.25, -0.2) is 9.59 Å². The van der Waals surface area contributed by atoms with Gasteiger partial charge in [0.15, 0.2) is 5.78 Å². The summed E-state index contributed by atoms with van der Waals surface area (Å²) in [6.07, 6.45) is 15.5. The first-order valence-corrected chi connectivity index (χ1v) is 25.6. The average Bonchev–Trinajstić information content (AvgIpc) is 3.31. The Morgan fingerprint density at radius 1 is 0.423 bits per heavy atom. The molecule has 0 saturated heterocycles. The molecule has 7 N–H and O–H groups in total. The van der Waals surface area contributed by atoms with Gasteiger partial charge in [-0.05, 0) is 39.0 Å². The maximum Gasteiger partial charge on any atom is 0.326 e. The van der Waals surface area contributed by atoms with Crippen LogP contribution in [0.25, 0.3) is 0 Å². The minimum atomic E-state index is -1.31. The number of rotatable bonds is 50. The molecule has 0 aliphatic carbocycles. The second-order valence-corrected chi connectivity index (χ2v) is 18.1. The third kappa shape index (κ3) is 41.5. The lowest BCUT2D eigenvalue weighted by Crippen LogP contribution is -2.41. The van der Waals surface area contributed by atoms with Crippen molar-refractivity contribution < 1.29 is 82.2 Å². The summed E-state index contributed by atoms with van der Waals surface area (Å²) in [4.78, 5) is 119. The predicted molar refractivity (Wildman–Crippen MR) is 261 cm³/mol. The van der Waals surface area contributed by atoms with E-state index in [1.807, 2.05) is 0 Å². The molecule has 3 atom stereocenters. The van der Waals surface area contributed by atoms with Crippen molar-refractivity contribution in [2.24, 2.45) is 11.8 Å². The molecular formula is C50H86N4O17. The van der Waals surface area contributed by atoms with Crippen molar-refractivity contribution >= 4 is 58.9 Å². The van der Waals surface area contributed by atoms with Crippen LogP contribution in [-0.2, 0) is 66.9 Å². The summed E-state index contributed by atoms with van der Waals surface area (Å²) in [6, 6.07) is -2.46. The third-order valence-corrected chi connectivity index (χ3v) is 11.4. The number of amides is 4. The van der Waals surface area contributed by atoms with Gasteiger partial charge in [0.2, 0.25) is 23.6 Å². The Balaban J connectivity index is 3.89. The summed E-state index contributed by atoms with van der Waals surface area (Å²) < 4.78 is 21.2. The van der Waals surface area contributed by atoms with Crippen molar-refractivity contribution in [2.75, 3.05) is 65.9 Å². The van der Waals surface area contributed by atoms with E-state index in [0.29, 0.717) is 12.8 Å². The third-order valence-electron chi connectivity index (χ3n) is 11.4. The highest BCUT2D eigenvalue weighted by Gasteiger charge is 2.26. The van der Waals surface area contributed by atoms with Crippen LogP contribution in [0.4, 0.5) is 0 Å². The SMILES string of the molecule is CC(=O)CCCCCCCCCCCCCCCCC(=O)N[C@@H](CCC(=O)NCCOCCOCC(=O)NCCOCCOCC(=O)C[C@@H](CCC(=O)N[C@@H](CCC(=O)C(C)C)C(=O)O)C(=O)O)C(=O)O. The van der Waals surface area contributed by atoms with Crippen molar-refractivity contribution in [3.05, 3.63) is 0 Å². The van der Waals surface area contributed by atoms with Gasteiger partial charge in [-0.3, -0.25) is 33.6 Å². The summed E-state index contributed by atoms with van der Waals surface area (Å²) in [7, 11) is 0. The van der Waals surface area contributed by atoms with Gasteiger partial charge in [0.25, 0.3) is 0 Å². The smallest absolute Gasteiger partial charge is 0.326 e. The van der Waals surface area contributed by atoms with Gasteiger partial charge < -0.3 is 60.3 Å². The second-order valence-electron chi connectivity index (χ2n) is 18.1. The molecule has 408 valence electrons. The lowest BCUT2D eigenvalue weighted by Gasteiger charge is -2.16. The number of ketones is 3. The molecular weight excluding hydrogens is 929 g/mol.